The number of hydrogen-bond acceptors (Lipinski definition) is 2. The van der Waals surface area contributed by atoms with Crippen LogP contribution < -0.4 is 0 Å². The number of halogens is 1. The summed E-state index contributed by atoms with van der Waals surface area (Å²) in [6.45, 7) is 2.64. The lowest BCUT2D eigenvalue weighted by molar-refractivity contribution is -0.134. The number of piperidine rings is 1. The predicted octanol–water partition coefficient (Wildman–Crippen LogP) is 1.38. The number of hydrogen-bond donors (Lipinski definition) is 1. The first-order valence-electron chi connectivity index (χ1n) is 5.22. The van der Waals surface area contributed by atoms with Crippen molar-refractivity contribution in [1.82, 2.24) is 4.90 Å². The minimum absolute atomic E-state index is 0.00446. The van der Waals surface area contributed by atoms with Gasteiger partial charge in [-0.25, -0.2) is 0 Å². The molecule has 2 atom stereocenters. The maximum Gasteiger partial charge on any atom is 0.240 e. The number of alkyl halides is 1. The summed E-state index contributed by atoms with van der Waals surface area (Å²) >= 11 is 5.77. The molecule has 0 aromatic heterocycles. The number of rotatable bonds is 3. The molecule has 0 aromatic rings. The molecule has 3 nitrogen and oxygen atoms in total. The molecular formula is C10H18ClNO2. The first kappa shape index (κ1) is 11.8. The van der Waals surface area contributed by atoms with Gasteiger partial charge in [-0.15, -0.1) is 11.6 Å². The Labute approximate surface area is 90.0 Å². The van der Waals surface area contributed by atoms with Gasteiger partial charge in [-0.2, -0.15) is 0 Å². The normalized spacial score (nSPS) is 24.8. The Kier molecular flexibility index (Phi) is 4.69. The van der Waals surface area contributed by atoms with Gasteiger partial charge in [0.2, 0.25) is 5.91 Å². The number of aliphatic hydroxyl groups is 1. The molecule has 0 bridgehead atoms. The Morgan fingerprint density at radius 3 is 2.93 bits per heavy atom. The Hall–Kier alpha value is -0.280. The smallest absolute Gasteiger partial charge is 0.240 e. The van der Waals surface area contributed by atoms with E-state index in [-0.39, 0.29) is 18.6 Å². The Bertz CT molecular complexity index is 195. The lowest BCUT2D eigenvalue weighted by Gasteiger charge is -2.36. The predicted molar refractivity (Wildman–Crippen MR) is 56.4 cm³/mol. The van der Waals surface area contributed by atoms with E-state index in [9.17, 15) is 4.79 Å². The number of amides is 1. The summed E-state index contributed by atoms with van der Waals surface area (Å²) in [5.74, 6) is 0.00446. The van der Waals surface area contributed by atoms with Gasteiger partial charge in [0.15, 0.2) is 0 Å². The van der Waals surface area contributed by atoms with E-state index >= 15 is 0 Å². The van der Waals surface area contributed by atoms with Gasteiger partial charge in [-0.3, -0.25) is 4.79 Å². The maximum absolute atomic E-state index is 11.7. The van der Waals surface area contributed by atoms with Crippen LogP contribution in [0.2, 0.25) is 0 Å². The summed E-state index contributed by atoms with van der Waals surface area (Å²) in [5, 5.41) is 8.44. The second-order valence-corrected chi connectivity index (χ2v) is 4.46. The van der Waals surface area contributed by atoms with Crippen molar-refractivity contribution in [3.8, 4) is 0 Å². The van der Waals surface area contributed by atoms with Crippen LogP contribution in [0.5, 0.6) is 0 Å². The van der Waals surface area contributed by atoms with Crippen LogP contribution in [0.1, 0.15) is 32.6 Å². The molecule has 2 unspecified atom stereocenters. The Balaban J connectivity index is 2.57. The SMILES string of the molecule is CC(Cl)C(=O)N1CCCCC1CCO. The van der Waals surface area contributed by atoms with Gasteiger partial charge in [-0.05, 0) is 32.6 Å². The molecule has 0 aliphatic carbocycles. The fraction of sp³-hybridized carbons (Fsp3) is 0.900. The van der Waals surface area contributed by atoms with Crippen molar-refractivity contribution in [3.63, 3.8) is 0 Å². The van der Waals surface area contributed by atoms with Crippen LogP contribution >= 0.6 is 11.6 Å². The van der Waals surface area contributed by atoms with Crippen molar-refractivity contribution in [2.45, 2.75) is 44.0 Å². The second kappa shape index (κ2) is 5.56. The lowest BCUT2D eigenvalue weighted by Crippen LogP contribution is -2.46. The van der Waals surface area contributed by atoms with E-state index in [1.165, 1.54) is 0 Å². The van der Waals surface area contributed by atoms with Gasteiger partial charge in [-0.1, -0.05) is 0 Å². The minimum Gasteiger partial charge on any atom is -0.396 e. The number of likely N-dealkylation sites (tertiary alicyclic amines) is 1. The quantitative estimate of drug-likeness (QED) is 0.729. The summed E-state index contributed by atoms with van der Waals surface area (Å²) in [6.07, 6.45) is 3.87. The van der Waals surface area contributed by atoms with Gasteiger partial charge >= 0.3 is 0 Å². The molecule has 1 amide bonds. The highest BCUT2D eigenvalue weighted by Crippen LogP contribution is 2.21. The van der Waals surface area contributed by atoms with E-state index in [2.05, 4.69) is 0 Å². The molecule has 0 saturated carbocycles. The zero-order valence-electron chi connectivity index (χ0n) is 8.58. The van der Waals surface area contributed by atoms with E-state index in [4.69, 9.17) is 16.7 Å². The van der Waals surface area contributed by atoms with Crippen LogP contribution in [-0.4, -0.2) is 40.5 Å². The van der Waals surface area contributed by atoms with Crippen molar-refractivity contribution in [2.75, 3.05) is 13.2 Å². The maximum atomic E-state index is 11.7. The molecule has 1 heterocycles. The van der Waals surface area contributed by atoms with Crippen molar-refractivity contribution in [3.05, 3.63) is 0 Å². The first-order chi connectivity index (χ1) is 6.66. The molecule has 1 aliphatic rings. The molecule has 0 aromatic carbocycles. The Morgan fingerprint density at radius 1 is 1.64 bits per heavy atom. The largest absolute Gasteiger partial charge is 0.396 e. The monoisotopic (exact) mass is 219 g/mol. The third-order valence-corrected chi connectivity index (χ3v) is 2.90. The number of carbonyl (C=O) groups is 1. The van der Waals surface area contributed by atoms with E-state index < -0.39 is 5.38 Å². The zero-order chi connectivity index (χ0) is 10.6. The molecule has 1 rings (SSSR count). The van der Waals surface area contributed by atoms with Crippen molar-refractivity contribution < 1.29 is 9.90 Å². The van der Waals surface area contributed by atoms with Gasteiger partial charge in [0, 0.05) is 19.2 Å². The summed E-state index contributed by atoms with van der Waals surface area (Å²) in [5.41, 5.74) is 0. The third kappa shape index (κ3) is 2.85. The van der Waals surface area contributed by atoms with Gasteiger partial charge in [0.25, 0.3) is 0 Å². The molecule has 0 spiro atoms. The average Bonchev–Trinajstić information content (AvgIpc) is 2.18. The van der Waals surface area contributed by atoms with Crippen molar-refractivity contribution >= 4 is 17.5 Å². The zero-order valence-corrected chi connectivity index (χ0v) is 9.33. The molecule has 1 saturated heterocycles. The number of aliphatic hydroxyl groups excluding tert-OH is 1. The molecule has 1 fully saturated rings. The molecule has 14 heavy (non-hydrogen) atoms. The van der Waals surface area contributed by atoms with Crippen molar-refractivity contribution in [2.24, 2.45) is 0 Å². The fourth-order valence-electron chi connectivity index (χ4n) is 1.97. The molecule has 4 heteroatoms. The highest BCUT2D eigenvalue weighted by Gasteiger charge is 2.28. The van der Waals surface area contributed by atoms with Crippen LogP contribution in [0.15, 0.2) is 0 Å². The molecular weight excluding hydrogens is 202 g/mol. The Morgan fingerprint density at radius 2 is 2.36 bits per heavy atom. The number of carbonyl (C=O) groups excluding carboxylic acids is 1. The second-order valence-electron chi connectivity index (χ2n) is 3.81. The van der Waals surface area contributed by atoms with Crippen LogP contribution in [0.25, 0.3) is 0 Å². The number of nitrogens with zero attached hydrogens (tertiary/aromatic N) is 1. The summed E-state index contributed by atoms with van der Waals surface area (Å²) in [6, 6.07) is 0.197. The highest BCUT2D eigenvalue weighted by molar-refractivity contribution is 6.30. The summed E-state index contributed by atoms with van der Waals surface area (Å²) in [7, 11) is 0. The molecule has 82 valence electrons. The van der Waals surface area contributed by atoms with Crippen LogP contribution in [0.4, 0.5) is 0 Å². The summed E-state index contributed by atoms with van der Waals surface area (Å²) in [4.78, 5) is 13.5. The van der Waals surface area contributed by atoms with Crippen LogP contribution in [-0.2, 0) is 4.79 Å². The van der Waals surface area contributed by atoms with Gasteiger partial charge in [0.1, 0.15) is 5.38 Å². The summed E-state index contributed by atoms with van der Waals surface area (Å²) < 4.78 is 0. The van der Waals surface area contributed by atoms with Crippen LogP contribution in [0, 0.1) is 0 Å². The lowest BCUT2D eigenvalue weighted by atomic mass is 9.99. The van der Waals surface area contributed by atoms with Gasteiger partial charge < -0.3 is 10.0 Å². The minimum atomic E-state index is -0.450. The van der Waals surface area contributed by atoms with Gasteiger partial charge in [0.05, 0.1) is 0 Å². The van der Waals surface area contributed by atoms with E-state index in [0.717, 1.165) is 25.8 Å². The third-order valence-electron chi connectivity index (χ3n) is 2.71. The molecule has 1 aliphatic heterocycles. The van der Waals surface area contributed by atoms with E-state index in [1.54, 1.807) is 6.92 Å². The topological polar surface area (TPSA) is 40.5 Å². The molecule has 1 N–H and O–H groups in total. The first-order valence-corrected chi connectivity index (χ1v) is 5.66. The standard InChI is InChI=1S/C10H18ClNO2/c1-8(11)10(14)12-6-3-2-4-9(12)5-7-13/h8-9,13H,2-7H2,1H3. The van der Waals surface area contributed by atoms with E-state index in [1.807, 2.05) is 4.90 Å². The van der Waals surface area contributed by atoms with Crippen molar-refractivity contribution in [1.29, 1.82) is 0 Å². The van der Waals surface area contributed by atoms with Crippen LogP contribution in [0.3, 0.4) is 0 Å². The highest BCUT2D eigenvalue weighted by atomic mass is 35.5. The van der Waals surface area contributed by atoms with E-state index in [0.29, 0.717) is 6.42 Å². The molecule has 0 radical (unpaired) electrons. The fourth-order valence-corrected chi connectivity index (χ4v) is 2.09. The average molecular weight is 220 g/mol.